The zero-order valence-electron chi connectivity index (χ0n) is 24.2. The van der Waals surface area contributed by atoms with E-state index in [-0.39, 0.29) is 17.9 Å². The van der Waals surface area contributed by atoms with Crippen molar-refractivity contribution in [1.29, 1.82) is 0 Å². The minimum atomic E-state index is -1.01. The summed E-state index contributed by atoms with van der Waals surface area (Å²) in [5.41, 5.74) is 1.60. The molecule has 3 aromatic rings. The van der Waals surface area contributed by atoms with Crippen molar-refractivity contribution in [1.82, 2.24) is 10.3 Å². The van der Waals surface area contributed by atoms with E-state index in [1.807, 2.05) is 6.07 Å². The van der Waals surface area contributed by atoms with E-state index in [9.17, 15) is 9.59 Å². The molecule has 3 aliphatic rings. The normalized spacial score (nSPS) is 18.8. The van der Waals surface area contributed by atoms with Crippen molar-refractivity contribution in [2.45, 2.75) is 57.1 Å². The van der Waals surface area contributed by atoms with E-state index in [1.54, 1.807) is 56.8 Å². The monoisotopic (exact) mass is 565 g/mol. The van der Waals surface area contributed by atoms with Crippen molar-refractivity contribution in [3.8, 4) is 23.0 Å². The number of carbonyl (C=O) groups is 2. The van der Waals surface area contributed by atoms with Gasteiger partial charge in [-0.3, -0.25) is 14.6 Å². The van der Waals surface area contributed by atoms with Crippen molar-refractivity contribution >= 4 is 35.1 Å². The van der Waals surface area contributed by atoms with Crippen LogP contribution in [0.25, 0.3) is 10.9 Å². The van der Waals surface area contributed by atoms with Gasteiger partial charge in [0, 0.05) is 23.3 Å². The SMILES string of the molecule is COc1cc2nccc(Oc3ccc(NC(=O)C4(C(=O)NC5CC=CC=C5CB5CCCC5)CC4)cc3)c2cc1OC. The van der Waals surface area contributed by atoms with Gasteiger partial charge in [-0.1, -0.05) is 55.6 Å². The van der Waals surface area contributed by atoms with Gasteiger partial charge in [-0.2, -0.15) is 0 Å². The van der Waals surface area contributed by atoms with Gasteiger partial charge in [0.15, 0.2) is 11.5 Å². The minimum absolute atomic E-state index is 0.0323. The highest BCUT2D eigenvalue weighted by molar-refractivity contribution is 6.60. The Morgan fingerprint density at radius 2 is 1.71 bits per heavy atom. The Hall–Kier alpha value is -4.27. The molecule has 0 bridgehead atoms. The molecule has 8 nitrogen and oxygen atoms in total. The van der Waals surface area contributed by atoms with E-state index in [0.29, 0.717) is 53.8 Å². The molecule has 2 heterocycles. The number of hydrogen-bond donors (Lipinski definition) is 2. The molecule has 2 amide bonds. The molecule has 1 aliphatic heterocycles. The molecule has 0 radical (unpaired) electrons. The Balaban J connectivity index is 1.09. The fourth-order valence-electron chi connectivity index (χ4n) is 6.08. The summed E-state index contributed by atoms with van der Waals surface area (Å²) in [7, 11) is 3.17. The lowest BCUT2D eigenvalue weighted by atomic mass is 9.44. The van der Waals surface area contributed by atoms with Crippen LogP contribution >= 0.6 is 0 Å². The third-order valence-corrected chi connectivity index (χ3v) is 8.74. The number of ether oxygens (including phenoxy) is 3. The summed E-state index contributed by atoms with van der Waals surface area (Å²) < 4.78 is 17.0. The molecule has 216 valence electrons. The predicted molar refractivity (Wildman–Crippen MR) is 165 cm³/mol. The van der Waals surface area contributed by atoms with Gasteiger partial charge in [0.05, 0.1) is 25.8 Å². The van der Waals surface area contributed by atoms with Crippen LogP contribution in [0.4, 0.5) is 5.69 Å². The molecule has 1 unspecified atom stereocenters. The number of anilines is 1. The smallest absolute Gasteiger partial charge is 0.240 e. The van der Waals surface area contributed by atoms with Crippen LogP contribution in [0.1, 0.15) is 32.1 Å². The number of amides is 2. The topological polar surface area (TPSA) is 98.8 Å². The molecular formula is C33H36BN3O5. The van der Waals surface area contributed by atoms with E-state index in [2.05, 4.69) is 33.8 Å². The summed E-state index contributed by atoms with van der Waals surface area (Å²) in [5.74, 6) is 1.96. The Bertz CT molecular complexity index is 1540. The number of rotatable bonds is 10. The Kier molecular flexibility index (Phi) is 7.91. The highest BCUT2D eigenvalue weighted by Crippen LogP contribution is 2.47. The lowest BCUT2D eigenvalue weighted by Crippen LogP contribution is -2.45. The number of benzene rings is 2. The van der Waals surface area contributed by atoms with Crippen molar-refractivity contribution in [3.05, 3.63) is 72.5 Å². The van der Waals surface area contributed by atoms with Gasteiger partial charge in [0.25, 0.3) is 0 Å². The number of carbonyl (C=O) groups excluding carboxylic acids is 2. The molecule has 2 N–H and O–H groups in total. The fourth-order valence-corrected chi connectivity index (χ4v) is 6.08. The number of aromatic nitrogens is 1. The number of fused-ring (bicyclic) bond motifs is 1. The van der Waals surface area contributed by atoms with Crippen LogP contribution in [0.3, 0.4) is 0 Å². The van der Waals surface area contributed by atoms with E-state index < -0.39 is 5.41 Å². The first-order valence-corrected chi connectivity index (χ1v) is 14.8. The van der Waals surface area contributed by atoms with Gasteiger partial charge in [-0.05, 0) is 55.7 Å². The summed E-state index contributed by atoms with van der Waals surface area (Å²) in [5, 5.41) is 6.96. The molecular weight excluding hydrogens is 529 g/mol. The van der Waals surface area contributed by atoms with Crippen molar-refractivity contribution in [2.75, 3.05) is 19.5 Å². The first kappa shape index (κ1) is 27.9. The van der Waals surface area contributed by atoms with Crippen molar-refractivity contribution < 1.29 is 23.8 Å². The van der Waals surface area contributed by atoms with Crippen LogP contribution in [0.2, 0.25) is 19.0 Å². The van der Waals surface area contributed by atoms with E-state index >= 15 is 0 Å². The maximum Gasteiger partial charge on any atom is 0.240 e. The number of hydrogen-bond acceptors (Lipinski definition) is 6. The maximum atomic E-state index is 13.4. The Morgan fingerprint density at radius 1 is 0.976 bits per heavy atom. The lowest BCUT2D eigenvalue weighted by Gasteiger charge is -2.26. The number of nitrogens with one attached hydrogen (secondary N) is 2. The third kappa shape index (κ3) is 5.73. The lowest BCUT2D eigenvalue weighted by molar-refractivity contribution is -0.134. The first-order valence-electron chi connectivity index (χ1n) is 14.8. The number of pyridine rings is 1. The van der Waals surface area contributed by atoms with Gasteiger partial charge in [-0.15, -0.1) is 0 Å². The molecule has 6 rings (SSSR count). The molecule has 42 heavy (non-hydrogen) atoms. The predicted octanol–water partition coefficient (Wildman–Crippen LogP) is 6.42. The summed E-state index contributed by atoms with van der Waals surface area (Å²) in [6.07, 6.45) is 16.0. The second-order valence-corrected chi connectivity index (χ2v) is 11.5. The molecule has 1 saturated carbocycles. The summed E-state index contributed by atoms with van der Waals surface area (Å²) in [6, 6.07) is 12.5. The van der Waals surface area contributed by atoms with Crippen LogP contribution in [-0.2, 0) is 9.59 Å². The average Bonchev–Trinajstić information content (AvgIpc) is 3.68. The van der Waals surface area contributed by atoms with Crippen LogP contribution < -0.4 is 24.8 Å². The standard InChI is InChI=1S/C33H36BN3O5/c1-40-29-19-25-27(20-30(29)41-2)35-18-13-28(25)42-24-11-9-23(10-12-24)36-31(38)33(14-15-33)32(39)37-26-8-4-3-7-22(26)21-34-16-5-6-17-34/h3-4,7,9-13,18-20,26H,5-6,8,14-17,21H2,1-2H3,(H,36,38)(H,37,39). The molecule has 0 spiro atoms. The van der Waals surface area contributed by atoms with Crippen molar-refractivity contribution in [2.24, 2.45) is 5.41 Å². The van der Waals surface area contributed by atoms with Gasteiger partial charge in [0.2, 0.25) is 11.8 Å². The summed E-state index contributed by atoms with van der Waals surface area (Å²) in [6.45, 7) is 0.705. The zero-order valence-corrected chi connectivity index (χ0v) is 24.2. The van der Waals surface area contributed by atoms with Crippen LogP contribution in [-0.4, -0.2) is 43.8 Å². The van der Waals surface area contributed by atoms with Crippen LogP contribution in [0.15, 0.2) is 72.5 Å². The minimum Gasteiger partial charge on any atom is -0.493 e. The van der Waals surface area contributed by atoms with Gasteiger partial charge < -0.3 is 24.8 Å². The van der Waals surface area contributed by atoms with E-state index in [1.165, 1.54) is 31.1 Å². The van der Waals surface area contributed by atoms with Gasteiger partial charge >= 0.3 is 0 Å². The van der Waals surface area contributed by atoms with E-state index in [4.69, 9.17) is 14.2 Å². The maximum absolute atomic E-state index is 13.4. The van der Waals surface area contributed by atoms with Crippen LogP contribution in [0.5, 0.6) is 23.0 Å². The van der Waals surface area contributed by atoms with Gasteiger partial charge in [-0.25, -0.2) is 0 Å². The van der Waals surface area contributed by atoms with Gasteiger partial charge in [0.1, 0.15) is 23.6 Å². The molecule has 1 aromatic heterocycles. The molecule has 2 aliphatic carbocycles. The number of methoxy groups -OCH3 is 2. The Labute approximate surface area is 246 Å². The van der Waals surface area contributed by atoms with Crippen LogP contribution in [0, 0.1) is 5.41 Å². The summed E-state index contributed by atoms with van der Waals surface area (Å²) in [4.78, 5) is 31.1. The second-order valence-electron chi connectivity index (χ2n) is 11.5. The highest BCUT2D eigenvalue weighted by atomic mass is 16.5. The average molecular weight is 565 g/mol. The van der Waals surface area contributed by atoms with Crippen molar-refractivity contribution in [3.63, 3.8) is 0 Å². The quantitative estimate of drug-likeness (QED) is 0.217. The molecule has 1 saturated heterocycles. The first-order chi connectivity index (χ1) is 20.5. The third-order valence-electron chi connectivity index (χ3n) is 8.74. The fraction of sp³-hybridized carbons (Fsp3) is 0.364. The second kappa shape index (κ2) is 11.9. The molecule has 2 aromatic carbocycles. The number of nitrogens with zero attached hydrogens (tertiary/aromatic N) is 1. The summed E-state index contributed by atoms with van der Waals surface area (Å²) >= 11 is 0. The molecule has 9 heteroatoms. The Morgan fingerprint density at radius 3 is 2.43 bits per heavy atom. The highest BCUT2D eigenvalue weighted by Gasteiger charge is 2.57. The largest absolute Gasteiger partial charge is 0.493 e. The molecule has 2 fully saturated rings. The molecule has 1 atom stereocenters. The van der Waals surface area contributed by atoms with E-state index in [0.717, 1.165) is 18.1 Å². The number of allylic oxidation sites excluding steroid dienone is 2. The zero-order chi connectivity index (χ0) is 29.1.